The minimum atomic E-state index is -0.0854. The number of nitrogens with one attached hydrogen (secondary N) is 1. The third-order valence-electron chi connectivity index (χ3n) is 7.16. The largest absolute Gasteiger partial charge is 0.378 e. The Bertz CT molecular complexity index is 679. The molecule has 0 atom stereocenters. The maximum absolute atomic E-state index is 12.4. The van der Waals surface area contributed by atoms with E-state index in [2.05, 4.69) is 17.4 Å². The average Bonchev–Trinajstić information content (AvgIpc) is 2.63. The number of nitrogens with zero attached hydrogens (tertiary/aromatic N) is 1. The van der Waals surface area contributed by atoms with Crippen molar-refractivity contribution in [3.8, 4) is 0 Å². The van der Waals surface area contributed by atoms with E-state index in [1.807, 2.05) is 6.07 Å². The van der Waals surface area contributed by atoms with Crippen LogP contribution in [0.5, 0.6) is 0 Å². The maximum Gasteiger partial charge on any atom is 0.322 e. The molecule has 0 unspecified atom stereocenters. The lowest BCUT2D eigenvalue weighted by Crippen LogP contribution is -2.48. The lowest BCUT2D eigenvalue weighted by atomic mass is 9.48. The minimum Gasteiger partial charge on any atom is -0.378 e. The summed E-state index contributed by atoms with van der Waals surface area (Å²) >= 11 is 6.59. The van der Waals surface area contributed by atoms with Crippen molar-refractivity contribution in [3.63, 3.8) is 0 Å². The van der Waals surface area contributed by atoms with E-state index in [4.69, 9.17) is 16.3 Å². The molecule has 1 aliphatic heterocycles. The van der Waals surface area contributed by atoms with E-state index in [9.17, 15) is 4.79 Å². The number of carbonyl (C=O) groups excluding carboxylic acids is 1. The molecular formula is C21H27ClN2O2. The van der Waals surface area contributed by atoms with Gasteiger partial charge in [0.05, 0.1) is 23.9 Å². The monoisotopic (exact) mass is 374 g/mol. The number of benzene rings is 1. The van der Waals surface area contributed by atoms with E-state index in [-0.39, 0.29) is 6.03 Å². The van der Waals surface area contributed by atoms with E-state index < -0.39 is 0 Å². The number of morpholine rings is 1. The molecule has 4 bridgehead atoms. The summed E-state index contributed by atoms with van der Waals surface area (Å²) in [7, 11) is 0. The predicted octanol–water partition coefficient (Wildman–Crippen LogP) is 4.67. The third kappa shape index (κ3) is 2.91. The summed E-state index contributed by atoms with van der Waals surface area (Å²) in [5.41, 5.74) is 2.45. The summed E-state index contributed by atoms with van der Waals surface area (Å²) in [5, 5.41) is 3.65. The van der Waals surface area contributed by atoms with Gasteiger partial charge in [-0.2, -0.15) is 0 Å². The molecule has 1 heterocycles. The first-order valence-electron chi connectivity index (χ1n) is 10.0. The topological polar surface area (TPSA) is 41.6 Å². The van der Waals surface area contributed by atoms with Gasteiger partial charge in [-0.05, 0) is 79.4 Å². The van der Waals surface area contributed by atoms with Crippen LogP contribution in [0.4, 0.5) is 10.5 Å². The number of rotatable bonds is 2. The van der Waals surface area contributed by atoms with E-state index in [1.165, 1.54) is 44.1 Å². The zero-order valence-electron chi connectivity index (χ0n) is 15.2. The molecule has 1 saturated heterocycles. The Morgan fingerprint density at radius 2 is 1.69 bits per heavy atom. The molecular weight excluding hydrogens is 348 g/mol. The Labute approximate surface area is 160 Å². The smallest absolute Gasteiger partial charge is 0.322 e. The van der Waals surface area contributed by atoms with Gasteiger partial charge in [0.25, 0.3) is 0 Å². The van der Waals surface area contributed by atoms with E-state index in [0.717, 1.165) is 23.4 Å². The lowest BCUT2D eigenvalue weighted by Gasteiger charge is -2.57. The molecule has 26 heavy (non-hydrogen) atoms. The quantitative estimate of drug-likeness (QED) is 0.817. The van der Waals surface area contributed by atoms with Crippen molar-refractivity contribution >= 4 is 23.3 Å². The summed E-state index contributed by atoms with van der Waals surface area (Å²) in [6.07, 6.45) is 8.32. The van der Waals surface area contributed by atoms with Crippen LogP contribution in [0.2, 0.25) is 5.02 Å². The van der Waals surface area contributed by atoms with Crippen molar-refractivity contribution < 1.29 is 9.53 Å². The second kappa shape index (κ2) is 6.42. The molecule has 5 fully saturated rings. The van der Waals surface area contributed by atoms with E-state index in [1.54, 1.807) is 4.90 Å². The standard InChI is InChI=1S/C21H27ClN2O2/c22-18-10-17(21-11-14-7-15(12-21)9-16(8-14)13-21)1-2-19(18)23-20(25)24-3-5-26-6-4-24/h1-2,10,14-16H,3-9,11-13H2,(H,23,25). The molecule has 6 rings (SSSR count). The van der Waals surface area contributed by atoms with Gasteiger partial charge in [-0.3, -0.25) is 0 Å². The van der Waals surface area contributed by atoms with E-state index >= 15 is 0 Å². The highest BCUT2D eigenvalue weighted by atomic mass is 35.5. The normalized spacial score (nSPS) is 35.6. The van der Waals surface area contributed by atoms with Crippen molar-refractivity contribution in [3.05, 3.63) is 28.8 Å². The molecule has 1 aromatic rings. The first-order valence-corrected chi connectivity index (χ1v) is 10.4. The lowest BCUT2D eigenvalue weighted by molar-refractivity contribution is -0.00517. The first kappa shape index (κ1) is 16.9. The fourth-order valence-electron chi connectivity index (χ4n) is 6.37. The number of carbonyl (C=O) groups is 1. The van der Waals surface area contributed by atoms with Gasteiger partial charge in [0, 0.05) is 13.1 Å². The number of anilines is 1. The summed E-state index contributed by atoms with van der Waals surface area (Å²) < 4.78 is 5.31. The number of ether oxygens (including phenoxy) is 1. The maximum atomic E-state index is 12.4. The highest BCUT2D eigenvalue weighted by Gasteiger charge is 2.51. The van der Waals surface area contributed by atoms with Crippen LogP contribution in [0, 0.1) is 17.8 Å². The van der Waals surface area contributed by atoms with Gasteiger partial charge in [-0.25, -0.2) is 4.79 Å². The molecule has 0 aromatic heterocycles. The Morgan fingerprint density at radius 3 is 2.27 bits per heavy atom. The Balaban J connectivity index is 1.34. The van der Waals surface area contributed by atoms with Crippen LogP contribution in [0.3, 0.4) is 0 Å². The third-order valence-corrected chi connectivity index (χ3v) is 7.47. The van der Waals surface area contributed by atoms with Crippen LogP contribution in [0.15, 0.2) is 18.2 Å². The second-order valence-corrected chi connectivity index (χ2v) is 9.33. The van der Waals surface area contributed by atoms with E-state index in [0.29, 0.717) is 36.7 Å². The van der Waals surface area contributed by atoms with Crippen molar-refractivity contribution in [1.82, 2.24) is 4.90 Å². The summed E-state index contributed by atoms with van der Waals surface area (Å²) in [6.45, 7) is 2.47. The van der Waals surface area contributed by atoms with Crippen LogP contribution >= 0.6 is 11.6 Å². The van der Waals surface area contributed by atoms with Gasteiger partial charge in [0.15, 0.2) is 0 Å². The molecule has 4 saturated carbocycles. The fourth-order valence-corrected chi connectivity index (χ4v) is 6.60. The van der Waals surface area contributed by atoms with Crippen LogP contribution in [-0.4, -0.2) is 37.2 Å². The SMILES string of the molecule is O=C(Nc1ccc(C23CC4CC(CC(C4)C2)C3)cc1Cl)N1CCOCC1. The summed E-state index contributed by atoms with van der Waals surface area (Å²) in [5.74, 6) is 2.75. The zero-order valence-corrected chi connectivity index (χ0v) is 15.9. The van der Waals surface area contributed by atoms with Gasteiger partial charge < -0.3 is 15.0 Å². The minimum absolute atomic E-state index is 0.0854. The van der Waals surface area contributed by atoms with Gasteiger partial charge >= 0.3 is 6.03 Å². The molecule has 0 radical (unpaired) electrons. The molecule has 0 spiro atoms. The number of urea groups is 1. The van der Waals surface area contributed by atoms with Crippen molar-refractivity contribution in [2.75, 3.05) is 31.6 Å². The molecule has 1 aromatic carbocycles. The molecule has 140 valence electrons. The van der Waals surface area contributed by atoms with Gasteiger partial charge in [0.1, 0.15) is 0 Å². The number of hydrogen-bond donors (Lipinski definition) is 1. The highest BCUT2D eigenvalue weighted by molar-refractivity contribution is 6.33. The van der Waals surface area contributed by atoms with Crippen molar-refractivity contribution in [2.24, 2.45) is 17.8 Å². The molecule has 4 aliphatic carbocycles. The van der Waals surface area contributed by atoms with Crippen LogP contribution < -0.4 is 5.32 Å². The summed E-state index contributed by atoms with van der Waals surface area (Å²) in [6, 6.07) is 6.27. The number of halogens is 1. The fraction of sp³-hybridized carbons (Fsp3) is 0.667. The average molecular weight is 375 g/mol. The Kier molecular flexibility index (Phi) is 4.17. The molecule has 5 aliphatic rings. The molecule has 2 amide bonds. The van der Waals surface area contributed by atoms with Crippen molar-refractivity contribution in [1.29, 1.82) is 0 Å². The molecule has 5 heteroatoms. The first-order chi connectivity index (χ1) is 12.6. The van der Waals surface area contributed by atoms with Gasteiger partial charge in [-0.1, -0.05) is 17.7 Å². The van der Waals surface area contributed by atoms with Gasteiger partial charge in [-0.15, -0.1) is 0 Å². The van der Waals surface area contributed by atoms with Crippen LogP contribution in [-0.2, 0) is 10.2 Å². The van der Waals surface area contributed by atoms with Gasteiger partial charge in [0.2, 0.25) is 0 Å². The number of amides is 2. The van der Waals surface area contributed by atoms with Crippen LogP contribution in [0.1, 0.15) is 44.1 Å². The predicted molar refractivity (Wildman–Crippen MR) is 103 cm³/mol. The molecule has 4 nitrogen and oxygen atoms in total. The number of hydrogen-bond acceptors (Lipinski definition) is 2. The molecule has 1 N–H and O–H groups in total. The Morgan fingerprint density at radius 1 is 1.08 bits per heavy atom. The second-order valence-electron chi connectivity index (χ2n) is 8.92. The van der Waals surface area contributed by atoms with Crippen LogP contribution in [0.25, 0.3) is 0 Å². The zero-order chi connectivity index (χ0) is 17.7. The highest BCUT2D eigenvalue weighted by Crippen LogP contribution is 2.60. The summed E-state index contributed by atoms with van der Waals surface area (Å²) in [4.78, 5) is 14.2. The Hall–Kier alpha value is -1.26. The van der Waals surface area contributed by atoms with Crippen molar-refractivity contribution in [2.45, 2.75) is 43.9 Å².